The summed E-state index contributed by atoms with van der Waals surface area (Å²) in [7, 11) is 0. The minimum atomic E-state index is -0.509. The van der Waals surface area contributed by atoms with E-state index in [2.05, 4.69) is 54.3 Å². The van der Waals surface area contributed by atoms with Gasteiger partial charge in [0.05, 0.1) is 12.2 Å². The molecule has 0 unspecified atom stereocenters. The lowest BCUT2D eigenvalue weighted by Gasteiger charge is -2.20. The monoisotopic (exact) mass is 294 g/mol. The summed E-state index contributed by atoms with van der Waals surface area (Å²) < 4.78 is 11.3. The number of aliphatic hydroxyl groups is 1. The van der Waals surface area contributed by atoms with Gasteiger partial charge in [0.1, 0.15) is 6.10 Å². The molecule has 0 aromatic carbocycles. The number of rotatable bonds is 0. The van der Waals surface area contributed by atoms with E-state index in [1.807, 2.05) is 13.8 Å². The molecule has 0 aromatic rings. The van der Waals surface area contributed by atoms with Crippen LogP contribution in [0.2, 0.25) is 0 Å². The first kappa shape index (κ1) is 17.7. The average molecular weight is 294 g/mol. The fraction of sp³-hybridized carbons (Fsp3) is 0.474. The molecule has 0 radical (unpaired) electrons. The number of terminal acetylenes is 2. The summed E-state index contributed by atoms with van der Waals surface area (Å²) in [5.41, 5.74) is 0. The lowest BCUT2D eigenvalue weighted by molar-refractivity contribution is -0.165. The third-order valence-corrected chi connectivity index (χ3v) is 3.17. The van der Waals surface area contributed by atoms with Crippen LogP contribution in [0, 0.1) is 66.1 Å². The van der Waals surface area contributed by atoms with E-state index in [1.54, 1.807) is 0 Å². The number of hydrogen-bond acceptors (Lipinski definition) is 3. The highest BCUT2D eigenvalue weighted by molar-refractivity contribution is 5.41. The highest BCUT2D eigenvalue weighted by Gasteiger charge is 2.51. The number of ether oxygens (including phenoxy) is 2. The molecule has 3 nitrogen and oxygen atoms in total. The molecular weight excluding hydrogens is 276 g/mol. The Morgan fingerprint density at radius 1 is 0.909 bits per heavy atom. The van der Waals surface area contributed by atoms with Crippen molar-refractivity contribution in [1.29, 1.82) is 0 Å². The predicted molar refractivity (Wildman–Crippen MR) is 84.6 cm³/mol. The van der Waals surface area contributed by atoms with Crippen LogP contribution in [-0.2, 0) is 9.47 Å². The summed E-state index contributed by atoms with van der Waals surface area (Å²) in [4.78, 5) is 0. The van der Waals surface area contributed by atoms with Crippen LogP contribution in [0.1, 0.15) is 27.2 Å². The molecule has 0 aromatic heterocycles. The molecule has 1 N–H and O–H groups in total. The van der Waals surface area contributed by atoms with Gasteiger partial charge in [-0.3, -0.25) is 0 Å². The molecule has 1 saturated carbocycles. The van der Waals surface area contributed by atoms with Gasteiger partial charge in [0.25, 0.3) is 0 Å². The van der Waals surface area contributed by atoms with Crippen LogP contribution in [-0.4, -0.2) is 29.2 Å². The van der Waals surface area contributed by atoms with Gasteiger partial charge >= 0.3 is 0 Å². The largest absolute Gasteiger partial charge is 0.390 e. The predicted octanol–water partition coefficient (Wildman–Crippen LogP) is 1.17. The molecule has 2 aliphatic rings. The summed E-state index contributed by atoms with van der Waals surface area (Å²) in [5, 5.41) is 9.60. The molecule has 112 valence electrons. The number of fused-ring (bicyclic) bond motifs is 1. The second-order valence-corrected chi connectivity index (χ2v) is 5.38. The fourth-order valence-electron chi connectivity index (χ4n) is 2.40. The van der Waals surface area contributed by atoms with Gasteiger partial charge in [0, 0.05) is 0 Å². The fourth-order valence-corrected chi connectivity index (χ4v) is 2.40. The van der Waals surface area contributed by atoms with Crippen LogP contribution in [0.25, 0.3) is 0 Å². The van der Waals surface area contributed by atoms with E-state index >= 15 is 0 Å². The van der Waals surface area contributed by atoms with Gasteiger partial charge in [-0.05, 0) is 73.5 Å². The van der Waals surface area contributed by atoms with Crippen molar-refractivity contribution >= 4 is 0 Å². The summed E-state index contributed by atoms with van der Waals surface area (Å²) in [6, 6.07) is 0. The minimum Gasteiger partial charge on any atom is -0.390 e. The minimum absolute atomic E-state index is 0.0926. The summed E-state index contributed by atoms with van der Waals surface area (Å²) in [6.45, 7) is 5.88. The van der Waals surface area contributed by atoms with Gasteiger partial charge in [-0.15, -0.1) is 12.8 Å². The zero-order valence-corrected chi connectivity index (χ0v) is 12.9. The van der Waals surface area contributed by atoms with Crippen molar-refractivity contribution in [1.82, 2.24) is 0 Å². The van der Waals surface area contributed by atoms with Gasteiger partial charge in [0.2, 0.25) is 0 Å². The smallest absolute Gasteiger partial charge is 0.163 e. The molecular formula is C19H18O3. The van der Waals surface area contributed by atoms with Crippen LogP contribution in [0.15, 0.2) is 0 Å². The molecule has 0 amide bonds. The SMILES string of the molecule is C#CC#CC#CC#CC#C.C[C@@H]1C[C@H](O)[C@H]2OC(C)(C)O[C@H]21. The second kappa shape index (κ2) is 8.20. The lowest BCUT2D eigenvalue weighted by atomic mass is 10.1. The Labute approximate surface area is 132 Å². The van der Waals surface area contributed by atoms with E-state index < -0.39 is 5.79 Å². The summed E-state index contributed by atoms with van der Waals surface area (Å²) >= 11 is 0. The first-order chi connectivity index (χ1) is 10.4. The van der Waals surface area contributed by atoms with E-state index in [4.69, 9.17) is 22.3 Å². The zero-order valence-electron chi connectivity index (χ0n) is 12.9. The summed E-state index contributed by atoms with van der Waals surface area (Å²) in [6.07, 6.45) is 10.1. The number of hydrogen-bond donors (Lipinski definition) is 1. The molecule has 1 heterocycles. The van der Waals surface area contributed by atoms with E-state index in [9.17, 15) is 5.11 Å². The van der Waals surface area contributed by atoms with Crippen molar-refractivity contribution in [3.63, 3.8) is 0 Å². The van der Waals surface area contributed by atoms with E-state index in [0.29, 0.717) is 5.92 Å². The Morgan fingerprint density at radius 2 is 1.36 bits per heavy atom. The molecule has 4 atom stereocenters. The van der Waals surface area contributed by atoms with E-state index in [-0.39, 0.29) is 18.3 Å². The Kier molecular flexibility index (Phi) is 6.61. The van der Waals surface area contributed by atoms with Crippen LogP contribution in [0.3, 0.4) is 0 Å². The second-order valence-electron chi connectivity index (χ2n) is 5.38. The number of aliphatic hydroxyl groups excluding tert-OH is 1. The molecule has 0 spiro atoms. The van der Waals surface area contributed by atoms with Crippen molar-refractivity contribution < 1.29 is 14.6 Å². The van der Waals surface area contributed by atoms with Crippen LogP contribution >= 0.6 is 0 Å². The van der Waals surface area contributed by atoms with Crippen LogP contribution < -0.4 is 0 Å². The van der Waals surface area contributed by atoms with Gasteiger partial charge in [0.15, 0.2) is 5.79 Å². The molecule has 2 fully saturated rings. The van der Waals surface area contributed by atoms with E-state index in [1.165, 1.54) is 0 Å². The highest BCUT2D eigenvalue weighted by atomic mass is 16.8. The van der Waals surface area contributed by atoms with Crippen molar-refractivity contribution in [2.24, 2.45) is 5.92 Å². The zero-order chi connectivity index (χ0) is 16.6. The first-order valence-corrected chi connectivity index (χ1v) is 6.86. The van der Waals surface area contributed by atoms with Crippen molar-refractivity contribution in [3.05, 3.63) is 0 Å². The van der Waals surface area contributed by atoms with Crippen molar-refractivity contribution in [2.45, 2.75) is 51.3 Å². The topological polar surface area (TPSA) is 38.7 Å². The van der Waals surface area contributed by atoms with Gasteiger partial charge in [-0.2, -0.15) is 0 Å². The lowest BCUT2D eigenvalue weighted by Crippen LogP contribution is -2.28. The summed E-state index contributed by atoms with van der Waals surface area (Å²) in [5.74, 6) is 18.3. The molecule has 1 aliphatic carbocycles. The van der Waals surface area contributed by atoms with Crippen LogP contribution in [0.4, 0.5) is 0 Å². The maximum atomic E-state index is 9.60. The maximum Gasteiger partial charge on any atom is 0.163 e. The molecule has 0 bridgehead atoms. The Morgan fingerprint density at radius 3 is 1.82 bits per heavy atom. The van der Waals surface area contributed by atoms with Crippen molar-refractivity contribution in [3.8, 4) is 60.2 Å². The van der Waals surface area contributed by atoms with Crippen molar-refractivity contribution in [2.75, 3.05) is 0 Å². The van der Waals surface area contributed by atoms with E-state index in [0.717, 1.165) is 6.42 Å². The highest BCUT2D eigenvalue weighted by Crippen LogP contribution is 2.41. The van der Waals surface area contributed by atoms with Gasteiger partial charge in [-0.1, -0.05) is 6.92 Å². The Bertz CT molecular complexity index is 602. The molecule has 3 heteroatoms. The normalized spacial score (nSPS) is 29.4. The van der Waals surface area contributed by atoms with Gasteiger partial charge < -0.3 is 14.6 Å². The van der Waals surface area contributed by atoms with Crippen LogP contribution in [0.5, 0.6) is 0 Å². The van der Waals surface area contributed by atoms with Gasteiger partial charge in [-0.25, -0.2) is 0 Å². The molecule has 2 rings (SSSR count). The standard InChI is InChI=1S/C10H2.C9H16O3/c1-3-5-7-9-10-8-6-4-2;1-5-4-6(10)8-7(5)11-9(2,3)12-8/h1-2H;5-8,10H,4H2,1-3H3/t;5-,6+,7+,8-/m.1/s1. The first-order valence-electron chi connectivity index (χ1n) is 6.86. The Hall–Kier alpha value is -2.32. The quantitative estimate of drug-likeness (QED) is 0.682. The third-order valence-electron chi connectivity index (χ3n) is 3.17. The third kappa shape index (κ3) is 5.23. The molecule has 1 aliphatic heterocycles. The molecule has 22 heavy (non-hydrogen) atoms. The maximum absolute atomic E-state index is 9.60. The molecule has 1 saturated heterocycles. The Balaban J connectivity index is 0.000000225. The average Bonchev–Trinajstić information content (AvgIpc) is 2.91.